The number of hydrogen-bond acceptors (Lipinski definition) is 8. The second kappa shape index (κ2) is 39.2. The molecule has 0 aromatic heterocycles. The standard InChI is InChI=1S/C42H83O10P/c1-3-5-7-9-11-13-15-17-19-21-23-25-27-29-31-33-41(44)50-38-40(37-49-35-39(43)36-51-53(46,47)48)52-42(45)34-32-30-28-26-24-22-20-18-16-14-12-10-8-6-4-2/h39-40,43H,3-38H2,1-2H3,(H2,46,47,48)/t39?,40-/m0/s1. The Kier molecular flexibility index (Phi) is 38.5. The molecule has 1 unspecified atom stereocenters. The average molecular weight is 779 g/mol. The molecule has 3 N–H and O–H groups in total. The number of aliphatic hydroxyl groups is 1. The molecule has 0 heterocycles. The number of hydrogen-bond donors (Lipinski definition) is 3. The highest BCUT2D eigenvalue weighted by Crippen LogP contribution is 2.35. The summed E-state index contributed by atoms with van der Waals surface area (Å²) in [5.74, 6) is -0.740. The summed E-state index contributed by atoms with van der Waals surface area (Å²) < 4.78 is 31.6. The van der Waals surface area contributed by atoms with E-state index < -0.39 is 32.6 Å². The van der Waals surface area contributed by atoms with Crippen LogP contribution >= 0.6 is 7.82 Å². The summed E-state index contributed by atoms with van der Waals surface area (Å²) in [4.78, 5) is 42.7. The van der Waals surface area contributed by atoms with Gasteiger partial charge in [-0.25, -0.2) is 4.57 Å². The number of carbonyl (C=O) groups excluding carboxylic acids is 2. The van der Waals surface area contributed by atoms with Gasteiger partial charge in [-0.15, -0.1) is 0 Å². The smallest absolute Gasteiger partial charge is 0.462 e. The Morgan fingerprint density at radius 2 is 0.811 bits per heavy atom. The number of ether oxygens (including phenoxy) is 3. The van der Waals surface area contributed by atoms with E-state index in [1.165, 1.54) is 154 Å². The highest BCUT2D eigenvalue weighted by atomic mass is 31.2. The molecule has 0 radical (unpaired) electrons. The molecule has 0 amide bonds. The van der Waals surface area contributed by atoms with Gasteiger partial charge in [-0.1, -0.05) is 194 Å². The summed E-state index contributed by atoms with van der Waals surface area (Å²) in [6.07, 6.45) is 35.8. The van der Waals surface area contributed by atoms with Gasteiger partial charge < -0.3 is 29.1 Å². The van der Waals surface area contributed by atoms with Gasteiger partial charge >= 0.3 is 19.8 Å². The average Bonchev–Trinajstić information content (AvgIpc) is 3.12. The molecular weight excluding hydrogens is 695 g/mol. The van der Waals surface area contributed by atoms with Crippen LogP contribution in [0.15, 0.2) is 0 Å². The van der Waals surface area contributed by atoms with E-state index in [1.54, 1.807) is 0 Å². The molecule has 0 aliphatic rings. The van der Waals surface area contributed by atoms with Crippen molar-refractivity contribution in [2.45, 2.75) is 232 Å². The lowest BCUT2D eigenvalue weighted by molar-refractivity contribution is -0.163. The molecule has 0 spiro atoms. The fraction of sp³-hybridized carbons (Fsp3) is 0.952. The minimum absolute atomic E-state index is 0.135. The van der Waals surface area contributed by atoms with Crippen molar-refractivity contribution in [1.29, 1.82) is 0 Å². The maximum absolute atomic E-state index is 12.6. The Bertz CT molecular complexity index is 852. The molecule has 10 nitrogen and oxygen atoms in total. The van der Waals surface area contributed by atoms with Crippen LogP contribution in [0.25, 0.3) is 0 Å². The first-order valence-electron chi connectivity index (χ1n) is 22.0. The molecule has 0 aliphatic heterocycles. The highest BCUT2D eigenvalue weighted by Gasteiger charge is 2.20. The molecule has 0 aliphatic carbocycles. The first-order valence-corrected chi connectivity index (χ1v) is 23.5. The lowest BCUT2D eigenvalue weighted by Crippen LogP contribution is -2.32. The topological polar surface area (TPSA) is 149 Å². The van der Waals surface area contributed by atoms with Gasteiger partial charge in [-0.05, 0) is 12.8 Å². The van der Waals surface area contributed by atoms with Gasteiger partial charge in [0.1, 0.15) is 12.7 Å². The van der Waals surface area contributed by atoms with Gasteiger partial charge in [0.15, 0.2) is 6.10 Å². The van der Waals surface area contributed by atoms with Crippen LogP contribution in [-0.2, 0) is 32.9 Å². The monoisotopic (exact) mass is 779 g/mol. The number of phosphoric ester groups is 1. The van der Waals surface area contributed by atoms with Crippen LogP contribution in [0.3, 0.4) is 0 Å². The summed E-state index contributed by atoms with van der Waals surface area (Å²) in [6.45, 7) is 3.32. The van der Waals surface area contributed by atoms with Crippen molar-refractivity contribution in [2.24, 2.45) is 0 Å². The van der Waals surface area contributed by atoms with Crippen molar-refractivity contribution in [1.82, 2.24) is 0 Å². The number of unbranched alkanes of at least 4 members (excludes halogenated alkanes) is 28. The maximum atomic E-state index is 12.6. The predicted octanol–water partition coefficient (Wildman–Crippen LogP) is 11.5. The van der Waals surface area contributed by atoms with Crippen LogP contribution < -0.4 is 0 Å². The Balaban J connectivity index is 4.17. The first kappa shape index (κ1) is 52.0. The second-order valence-electron chi connectivity index (χ2n) is 15.2. The lowest BCUT2D eigenvalue weighted by Gasteiger charge is -2.19. The lowest BCUT2D eigenvalue weighted by atomic mass is 10.0. The Morgan fingerprint density at radius 1 is 0.472 bits per heavy atom. The number of rotatable bonds is 42. The van der Waals surface area contributed by atoms with E-state index in [0.29, 0.717) is 6.42 Å². The minimum atomic E-state index is -4.71. The largest absolute Gasteiger partial charge is 0.469 e. The van der Waals surface area contributed by atoms with E-state index in [4.69, 9.17) is 24.0 Å². The van der Waals surface area contributed by atoms with Gasteiger partial charge in [-0.2, -0.15) is 0 Å². The zero-order valence-electron chi connectivity index (χ0n) is 34.3. The van der Waals surface area contributed by atoms with Crippen LogP contribution in [0.2, 0.25) is 0 Å². The SMILES string of the molecule is CCCCCCCCCCCCCCCCCC(=O)OC[C@H](COCC(O)COP(=O)(O)O)OC(=O)CCCCCCCCCCCCCCCCC. The van der Waals surface area contributed by atoms with Crippen molar-refractivity contribution in [3.63, 3.8) is 0 Å². The highest BCUT2D eigenvalue weighted by molar-refractivity contribution is 7.46. The minimum Gasteiger partial charge on any atom is -0.462 e. The van der Waals surface area contributed by atoms with E-state index >= 15 is 0 Å². The molecular formula is C42H83O10P. The Hall–Kier alpha value is -1.03. The molecule has 2 atom stereocenters. The number of esters is 2. The molecule has 11 heteroatoms. The van der Waals surface area contributed by atoms with E-state index in [2.05, 4.69) is 18.4 Å². The van der Waals surface area contributed by atoms with E-state index in [9.17, 15) is 19.3 Å². The fourth-order valence-electron chi connectivity index (χ4n) is 6.47. The molecule has 0 aromatic rings. The van der Waals surface area contributed by atoms with Crippen LogP contribution in [-0.4, -0.2) is 65.5 Å². The normalized spacial score (nSPS) is 12.9. The Morgan fingerprint density at radius 3 is 1.17 bits per heavy atom. The van der Waals surface area contributed by atoms with Crippen molar-refractivity contribution in [3.05, 3.63) is 0 Å². The van der Waals surface area contributed by atoms with E-state index in [-0.39, 0.29) is 32.2 Å². The van der Waals surface area contributed by atoms with Gasteiger partial charge in [0.05, 0.1) is 19.8 Å². The third-order valence-corrected chi connectivity index (χ3v) is 10.2. The summed E-state index contributed by atoms with van der Waals surface area (Å²) in [5.41, 5.74) is 0. The summed E-state index contributed by atoms with van der Waals surface area (Å²) in [6, 6.07) is 0. The van der Waals surface area contributed by atoms with Gasteiger partial charge in [0.25, 0.3) is 0 Å². The van der Waals surface area contributed by atoms with Crippen molar-refractivity contribution in [3.8, 4) is 0 Å². The molecule has 316 valence electrons. The van der Waals surface area contributed by atoms with E-state index in [0.717, 1.165) is 38.5 Å². The molecule has 0 fully saturated rings. The molecule has 53 heavy (non-hydrogen) atoms. The quantitative estimate of drug-likeness (QED) is 0.0310. The third-order valence-electron chi connectivity index (χ3n) is 9.75. The molecule has 0 bridgehead atoms. The van der Waals surface area contributed by atoms with Crippen LogP contribution in [0.4, 0.5) is 0 Å². The zero-order valence-corrected chi connectivity index (χ0v) is 35.2. The van der Waals surface area contributed by atoms with E-state index in [1.807, 2.05) is 0 Å². The van der Waals surface area contributed by atoms with Gasteiger partial charge in [0, 0.05) is 12.8 Å². The number of carbonyl (C=O) groups is 2. The molecule has 0 rings (SSSR count). The zero-order chi connectivity index (χ0) is 39.1. The number of phosphoric acid groups is 1. The van der Waals surface area contributed by atoms with Crippen LogP contribution in [0.5, 0.6) is 0 Å². The summed E-state index contributed by atoms with van der Waals surface area (Å²) in [5, 5.41) is 9.90. The third kappa shape index (κ3) is 42.0. The van der Waals surface area contributed by atoms with Gasteiger partial charge in [-0.3, -0.25) is 14.1 Å². The first-order chi connectivity index (χ1) is 25.7. The maximum Gasteiger partial charge on any atom is 0.469 e. The van der Waals surface area contributed by atoms with Crippen LogP contribution in [0, 0.1) is 0 Å². The van der Waals surface area contributed by atoms with Crippen molar-refractivity contribution < 1.29 is 47.8 Å². The summed E-state index contributed by atoms with van der Waals surface area (Å²) in [7, 11) is -4.71. The molecule has 0 saturated carbocycles. The van der Waals surface area contributed by atoms with Crippen LogP contribution in [0.1, 0.15) is 219 Å². The summed E-state index contributed by atoms with van der Waals surface area (Å²) >= 11 is 0. The molecule has 0 saturated heterocycles. The Labute approximate surface area is 324 Å². The van der Waals surface area contributed by atoms with Crippen molar-refractivity contribution in [2.75, 3.05) is 26.4 Å². The second-order valence-corrected chi connectivity index (χ2v) is 16.4. The molecule has 0 aromatic carbocycles. The predicted molar refractivity (Wildman–Crippen MR) is 215 cm³/mol. The van der Waals surface area contributed by atoms with Crippen molar-refractivity contribution >= 4 is 19.8 Å². The van der Waals surface area contributed by atoms with Gasteiger partial charge in [0.2, 0.25) is 0 Å². The fourth-order valence-corrected chi connectivity index (χ4v) is 6.83. The number of aliphatic hydroxyl groups excluding tert-OH is 1.